The van der Waals surface area contributed by atoms with E-state index < -0.39 is 5.97 Å². The van der Waals surface area contributed by atoms with E-state index in [9.17, 15) is 4.79 Å². The highest BCUT2D eigenvalue weighted by Crippen LogP contribution is 2.25. The van der Waals surface area contributed by atoms with Gasteiger partial charge in [-0.1, -0.05) is 0 Å². The van der Waals surface area contributed by atoms with E-state index in [2.05, 4.69) is 14.9 Å². The third-order valence-corrected chi connectivity index (χ3v) is 3.16. The van der Waals surface area contributed by atoms with Gasteiger partial charge in [-0.05, 0) is 20.0 Å². The SMILES string of the molecule is CN1CCC(c2nc(C(=O)O)cc(N(C)C)n2)C1. The molecule has 1 fully saturated rings. The molecule has 1 atom stereocenters. The molecule has 0 saturated carbocycles. The molecule has 18 heavy (non-hydrogen) atoms. The summed E-state index contributed by atoms with van der Waals surface area (Å²) in [4.78, 5) is 23.7. The van der Waals surface area contributed by atoms with Gasteiger partial charge in [-0.15, -0.1) is 0 Å². The first-order chi connectivity index (χ1) is 8.47. The van der Waals surface area contributed by atoms with Crippen molar-refractivity contribution < 1.29 is 9.90 Å². The van der Waals surface area contributed by atoms with Gasteiger partial charge < -0.3 is 14.9 Å². The predicted molar refractivity (Wildman–Crippen MR) is 68.2 cm³/mol. The van der Waals surface area contributed by atoms with Crippen LogP contribution in [0.15, 0.2) is 6.07 Å². The Labute approximate surface area is 106 Å². The van der Waals surface area contributed by atoms with Gasteiger partial charge in [0.25, 0.3) is 0 Å². The lowest BCUT2D eigenvalue weighted by molar-refractivity contribution is 0.0690. The molecule has 1 unspecified atom stereocenters. The average molecular weight is 250 g/mol. The topological polar surface area (TPSA) is 69.6 Å². The van der Waals surface area contributed by atoms with E-state index in [4.69, 9.17) is 5.11 Å². The Balaban J connectivity index is 2.37. The van der Waals surface area contributed by atoms with Crippen LogP contribution in [0.5, 0.6) is 0 Å². The summed E-state index contributed by atoms with van der Waals surface area (Å²) in [5, 5.41) is 9.09. The predicted octanol–water partition coefficient (Wildman–Crippen LogP) is 0.660. The van der Waals surface area contributed by atoms with Crippen molar-refractivity contribution >= 4 is 11.8 Å². The highest BCUT2D eigenvalue weighted by Gasteiger charge is 2.25. The van der Waals surface area contributed by atoms with Gasteiger partial charge in [0, 0.05) is 32.6 Å². The number of carboxylic acid groups (broad SMARTS) is 1. The van der Waals surface area contributed by atoms with Crippen LogP contribution >= 0.6 is 0 Å². The number of aromatic carboxylic acids is 1. The van der Waals surface area contributed by atoms with E-state index in [1.165, 1.54) is 6.07 Å². The van der Waals surface area contributed by atoms with Crippen molar-refractivity contribution in [3.8, 4) is 0 Å². The lowest BCUT2D eigenvalue weighted by atomic mass is 10.1. The molecule has 2 rings (SSSR count). The maximum absolute atomic E-state index is 11.1. The number of likely N-dealkylation sites (N-methyl/N-ethyl adjacent to an activating group) is 1. The zero-order valence-corrected chi connectivity index (χ0v) is 10.9. The first-order valence-corrected chi connectivity index (χ1v) is 5.95. The molecule has 1 aliphatic heterocycles. The van der Waals surface area contributed by atoms with Crippen LogP contribution in [-0.4, -0.2) is 60.2 Å². The average Bonchev–Trinajstić information content (AvgIpc) is 2.75. The fourth-order valence-corrected chi connectivity index (χ4v) is 2.12. The molecule has 1 saturated heterocycles. The van der Waals surface area contributed by atoms with Gasteiger partial charge in [0.15, 0.2) is 5.69 Å². The first-order valence-electron chi connectivity index (χ1n) is 5.95. The Hall–Kier alpha value is -1.69. The summed E-state index contributed by atoms with van der Waals surface area (Å²) in [6.07, 6.45) is 0.979. The van der Waals surface area contributed by atoms with Crippen LogP contribution in [0.3, 0.4) is 0 Å². The second-order valence-corrected chi connectivity index (χ2v) is 4.92. The summed E-state index contributed by atoms with van der Waals surface area (Å²) in [7, 11) is 5.74. The molecule has 1 aromatic rings. The second-order valence-electron chi connectivity index (χ2n) is 4.92. The Morgan fingerprint density at radius 1 is 1.50 bits per heavy atom. The smallest absolute Gasteiger partial charge is 0.354 e. The molecule has 0 aromatic carbocycles. The quantitative estimate of drug-likeness (QED) is 0.850. The number of hydrogen-bond donors (Lipinski definition) is 1. The molecular weight excluding hydrogens is 232 g/mol. The molecule has 2 heterocycles. The van der Waals surface area contributed by atoms with Crippen LogP contribution in [0.25, 0.3) is 0 Å². The summed E-state index contributed by atoms with van der Waals surface area (Å²) < 4.78 is 0. The van der Waals surface area contributed by atoms with Gasteiger partial charge in [0.05, 0.1) is 0 Å². The maximum Gasteiger partial charge on any atom is 0.354 e. The minimum absolute atomic E-state index is 0.0678. The third kappa shape index (κ3) is 2.59. The van der Waals surface area contributed by atoms with Crippen molar-refractivity contribution in [1.29, 1.82) is 0 Å². The zero-order chi connectivity index (χ0) is 13.3. The van der Waals surface area contributed by atoms with Gasteiger partial charge in [0.1, 0.15) is 11.6 Å². The normalized spacial score (nSPS) is 20.1. The van der Waals surface area contributed by atoms with Crippen LogP contribution in [0, 0.1) is 0 Å². The fraction of sp³-hybridized carbons (Fsp3) is 0.583. The van der Waals surface area contributed by atoms with Gasteiger partial charge in [-0.25, -0.2) is 14.8 Å². The summed E-state index contributed by atoms with van der Waals surface area (Å²) in [5.41, 5.74) is 0.0678. The van der Waals surface area contributed by atoms with Crippen LogP contribution < -0.4 is 4.90 Å². The number of anilines is 1. The zero-order valence-electron chi connectivity index (χ0n) is 10.9. The standard InChI is InChI=1S/C12H18N4O2/c1-15(2)10-6-9(12(17)18)13-11(14-10)8-4-5-16(3)7-8/h6,8H,4-5,7H2,1-3H3,(H,17,18). The Morgan fingerprint density at radius 3 is 2.72 bits per heavy atom. The van der Waals surface area contributed by atoms with Crippen LogP contribution in [0.1, 0.15) is 28.7 Å². The molecule has 1 N–H and O–H groups in total. The van der Waals surface area contributed by atoms with Crippen molar-refractivity contribution in [2.75, 3.05) is 39.1 Å². The number of nitrogens with zero attached hydrogens (tertiary/aromatic N) is 4. The van der Waals surface area contributed by atoms with E-state index in [-0.39, 0.29) is 11.6 Å². The Morgan fingerprint density at radius 2 is 2.22 bits per heavy atom. The van der Waals surface area contributed by atoms with Crippen molar-refractivity contribution in [2.24, 2.45) is 0 Å². The maximum atomic E-state index is 11.1. The van der Waals surface area contributed by atoms with Crippen LogP contribution in [0.4, 0.5) is 5.82 Å². The molecule has 0 bridgehead atoms. The number of likely N-dealkylation sites (tertiary alicyclic amines) is 1. The molecular formula is C12H18N4O2. The Kier molecular flexibility index (Phi) is 3.47. The van der Waals surface area contributed by atoms with Crippen molar-refractivity contribution in [3.63, 3.8) is 0 Å². The molecule has 0 amide bonds. The second kappa shape index (κ2) is 4.89. The molecule has 0 radical (unpaired) electrons. The van der Waals surface area contributed by atoms with Crippen molar-refractivity contribution in [3.05, 3.63) is 17.6 Å². The summed E-state index contributed by atoms with van der Waals surface area (Å²) >= 11 is 0. The van der Waals surface area contributed by atoms with E-state index in [1.807, 2.05) is 21.1 Å². The largest absolute Gasteiger partial charge is 0.477 e. The molecule has 6 heteroatoms. The van der Waals surface area contributed by atoms with Gasteiger partial charge in [-0.2, -0.15) is 0 Å². The van der Waals surface area contributed by atoms with E-state index in [0.29, 0.717) is 11.6 Å². The summed E-state index contributed by atoms with van der Waals surface area (Å²) in [6, 6.07) is 1.50. The lowest BCUT2D eigenvalue weighted by Crippen LogP contribution is -2.18. The number of rotatable bonds is 3. The molecule has 98 valence electrons. The molecule has 6 nitrogen and oxygen atoms in total. The van der Waals surface area contributed by atoms with Gasteiger partial charge in [-0.3, -0.25) is 0 Å². The molecule has 1 aromatic heterocycles. The van der Waals surface area contributed by atoms with E-state index >= 15 is 0 Å². The highest BCUT2D eigenvalue weighted by atomic mass is 16.4. The number of aromatic nitrogens is 2. The highest BCUT2D eigenvalue weighted by molar-refractivity contribution is 5.86. The molecule has 1 aliphatic rings. The van der Waals surface area contributed by atoms with Gasteiger partial charge in [0.2, 0.25) is 0 Å². The fourth-order valence-electron chi connectivity index (χ4n) is 2.12. The molecule has 0 spiro atoms. The van der Waals surface area contributed by atoms with E-state index in [1.54, 1.807) is 4.90 Å². The van der Waals surface area contributed by atoms with Crippen LogP contribution in [0.2, 0.25) is 0 Å². The minimum Gasteiger partial charge on any atom is -0.477 e. The number of carboxylic acids is 1. The van der Waals surface area contributed by atoms with Gasteiger partial charge >= 0.3 is 5.97 Å². The molecule has 0 aliphatic carbocycles. The minimum atomic E-state index is -1.01. The Bertz CT molecular complexity index is 461. The van der Waals surface area contributed by atoms with Crippen LogP contribution in [-0.2, 0) is 0 Å². The number of hydrogen-bond acceptors (Lipinski definition) is 5. The monoisotopic (exact) mass is 250 g/mol. The summed E-state index contributed by atoms with van der Waals surface area (Å²) in [5.74, 6) is 0.510. The third-order valence-electron chi connectivity index (χ3n) is 3.16. The van der Waals surface area contributed by atoms with Crippen molar-refractivity contribution in [2.45, 2.75) is 12.3 Å². The number of carbonyl (C=O) groups is 1. The summed E-state index contributed by atoms with van der Waals surface area (Å²) in [6.45, 7) is 1.89. The van der Waals surface area contributed by atoms with E-state index in [0.717, 1.165) is 19.5 Å². The first kappa shape index (κ1) is 12.8. The van der Waals surface area contributed by atoms with Crippen molar-refractivity contribution in [1.82, 2.24) is 14.9 Å². The lowest BCUT2D eigenvalue weighted by Gasteiger charge is -2.15.